The molecule has 4 heteroatoms. The third-order valence-electron chi connectivity index (χ3n) is 2.81. The van der Waals surface area contributed by atoms with E-state index in [1.807, 2.05) is 24.3 Å². The Hall–Kier alpha value is -1.18. The summed E-state index contributed by atoms with van der Waals surface area (Å²) in [4.78, 5) is 5.41. The summed E-state index contributed by atoms with van der Waals surface area (Å²) in [6.45, 7) is 0. The van der Waals surface area contributed by atoms with Gasteiger partial charge in [0.25, 0.3) is 0 Å². The molecule has 1 fully saturated rings. The summed E-state index contributed by atoms with van der Waals surface area (Å²) in [6.07, 6.45) is 2.36. The van der Waals surface area contributed by atoms with Crippen LogP contribution in [0.5, 0.6) is 0 Å². The Balaban J connectivity index is 2.03. The van der Waals surface area contributed by atoms with Gasteiger partial charge in [0.05, 0.1) is 5.69 Å². The van der Waals surface area contributed by atoms with Crippen molar-refractivity contribution < 1.29 is 0 Å². The summed E-state index contributed by atoms with van der Waals surface area (Å²) in [5.41, 5.74) is 2.09. The van der Waals surface area contributed by atoms with Crippen LogP contribution in [0.4, 0.5) is 0 Å². The molecule has 0 saturated heterocycles. The molecule has 0 N–H and O–H groups in total. The molecule has 1 aliphatic carbocycles. The van der Waals surface area contributed by atoms with Crippen LogP contribution in [-0.2, 0) is 0 Å². The van der Waals surface area contributed by atoms with E-state index in [2.05, 4.69) is 27.0 Å². The first kappa shape index (κ1) is 10.9. The van der Waals surface area contributed by atoms with Crippen molar-refractivity contribution >= 4 is 27.3 Å². The Morgan fingerprint density at radius 2 is 2.00 bits per heavy atom. The minimum atomic E-state index is 0.532. The quantitative estimate of drug-likeness (QED) is 0.828. The molecule has 1 saturated carbocycles. The van der Waals surface area contributed by atoms with Gasteiger partial charge in [-0.25, -0.2) is 4.98 Å². The van der Waals surface area contributed by atoms with Gasteiger partial charge in [-0.05, 0) is 25.0 Å². The van der Waals surface area contributed by atoms with Crippen molar-refractivity contribution in [2.45, 2.75) is 18.8 Å². The van der Waals surface area contributed by atoms with Gasteiger partial charge < -0.3 is 0 Å². The van der Waals surface area contributed by atoms with Crippen molar-refractivity contribution in [3.63, 3.8) is 0 Å². The van der Waals surface area contributed by atoms with E-state index in [1.54, 1.807) is 0 Å². The predicted molar refractivity (Wildman–Crippen MR) is 71.9 cm³/mol. The lowest BCUT2D eigenvalue weighted by Crippen LogP contribution is -1.83. The topological polar surface area (TPSA) is 36.7 Å². The van der Waals surface area contributed by atoms with Crippen LogP contribution in [0.25, 0.3) is 10.6 Å². The highest BCUT2D eigenvalue weighted by molar-refractivity contribution is 9.10. The first-order chi connectivity index (χ1) is 8.28. The molecule has 0 atom stereocenters. The fourth-order valence-electron chi connectivity index (χ4n) is 1.76. The van der Waals surface area contributed by atoms with Crippen molar-refractivity contribution in [1.82, 2.24) is 4.98 Å². The van der Waals surface area contributed by atoms with Gasteiger partial charge in [0.15, 0.2) is 0 Å². The number of nitriles is 1. The Kier molecular flexibility index (Phi) is 2.73. The highest BCUT2D eigenvalue weighted by Gasteiger charge is 2.29. The number of thiazole rings is 1. The van der Waals surface area contributed by atoms with Gasteiger partial charge in [-0.2, -0.15) is 5.26 Å². The third-order valence-corrected chi connectivity index (χ3v) is 4.36. The zero-order valence-corrected chi connectivity index (χ0v) is 11.4. The summed E-state index contributed by atoms with van der Waals surface area (Å²) in [7, 11) is 0. The second-order valence-corrected chi connectivity index (χ2v) is 6.04. The average Bonchev–Trinajstić information content (AvgIpc) is 3.10. The number of hydrogen-bond acceptors (Lipinski definition) is 3. The first-order valence-electron chi connectivity index (χ1n) is 5.44. The normalized spacial score (nSPS) is 14.6. The maximum absolute atomic E-state index is 9.11. The van der Waals surface area contributed by atoms with E-state index in [0.29, 0.717) is 5.92 Å². The third kappa shape index (κ3) is 2.13. The van der Waals surface area contributed by atoms with E-state index < -0.39 is 0 Å². The lowest BCUT2D eigenvalue weighted by atomic mass is 10.2. The number of halogens is 1. The summed E-state index contributed by atoms with van der Waals surface area (Å²) < 4.78 is 1.06. The molecule has 2 aromatic rings. The van der Waals surface area contributed by atoms with Crippen LogP contribution in [0.15, 0.2) is 28.7 Å². The Labute approximate surface area is 112 Å². The maximum Gasteiger partial charge on any atom is 0.128 e. The fourth-order valence-corrected chi connectivity index (χ4v) is 2.98. The highest BCUT2D eigenvalue weighted by Crippen LogP contribution is 2.43. The smallest absolute Gasteiger partial charge is 0.128 e. The number of benzene rings is 1. The first-order valence-corrected chi connectivity index (χ1v) is 7.05. The molecule has 0 spiro atoms. The molecule has 1 aromatic carbocycles. The molecular weight excluding hydrogens is 296 g/mol. The van der Waals surface area contributed by atoms with Gasteiger partial charge in [0.1, 0.15) is 16.0 Å². The van der Waals surface area contributed by atoms with Gasteiger partial charge in [-0.15, -0.1) is 11.3 Å². The minimum Gasteiger partial charge on any atom is -0.239 e. The molecule has 0 radical (unpaired) electrons. The molecule has 1 aromatic heterocycles. The van der Waals surface area contributed by atoms with E-state index in [1.165, 1.54) is 24.2 Å². The molecule has 2 nitrogen and oxygen atoms in total. The Bertz CT molecular complexity index is 591. The second-order valence-electron chi connectivity index (χ2n) is 4.13. The van der Waals surface area contributed by atoms with E-state index in [4.69, 9.17) is 5.26 Å². The molecule has 1 heterocycles. The van der Waals surface area contributed by atoms with Crippen LogP contribution in [0.1, 0.15) is 29.3 Å². The van der Waals surface area contributed by atoms with Crippen molar-refractivity contribution in [2.24, 2.45) is 0 Å². The zero-order valence-electron chi connectivity index (χ0n) is 8.98. The minimum absolute atomic E-state index is 0.532. The fraction of sp³-hybridized carbons (Fsp3) is 0.231. The molecular formula is C13H9BrN2S. The number of aromatic nitrogens is 1. The van der Waals surface area contributed by atoms with Crippen LogP contribution in [0.3, 0.4) is 0 Å². The van der Waals surface area contributed by atoms with Crippen molar-refractivity contribution in [1.29, 1.82) is 5.26 Å². The average molecular weight is 305 g/mol. The second kappa shape index (κ2) is 4.25. The van der Waals surface area contributed by atoms with Crippen molar-refractivity contribution in [3.8, 4) is 16.6 Å². The van der Waals surface area contributed by atoms with Crippen LogP contribution < -0.4 is 0 Å². The highest BCUT2D eigenvalue weighted by atomic mass is 79.9. The van der Waals surface area contributed by atoms with Gasteiger partial charge in [0.2, 0.25) is 0 Å². The predicted octanol–water partition coefficient (Wildman–Crippen LogP) is 4.32. The summed E-state index contributed by atoms with van der Waals surface area (Å²) in [5, 5.41) is 10.1. The maximum atomic E-state index is 9.11. The SMILES string of the molecule is N#Cc1sc(-c2ccc(Br)cc2)nc1C1CC1. The van der Waals surface area contributed by atoms with Gasteiger partial charge >= 0.3 is 0 Å². The van der Waals surface area contributed by atoms with E-state index in [-0.39, 0.29) is 0 Å². The van der Waals surface area contributed by atoms with Crippen LogP contribution >= 0.6 is 27.3 Å². The molecule has 3 rings (SSSR count). The largest absolute Gasteiger partial charge is 0.239 e. The van der Waals surface area contributed by atoms with E-state index in [0.717, 1.165) is 25.6 Å². The van der Waals surface area contributed by atoms with Gasteiger partial charge in [-0.1, -0.05) is 28.1 Å². The lowest BCUT2D eigenvalue weighted by Gasteiger charge is -1.95. The standard InChI is InChI=1S/C13H9BrN2S/c14-10-5-3-9(4-6-10)13-16-12(8-1-2-8)11(7-15)17-13/h3-6,8H,1-2H2. The summed E-state index contributed by atoms with van der Waals surface area (Å²) >= 11 is 4.91. The molecule has 84 valence electrons. The van der Waals surface area contributed by atoms with E-state index in [9.17, 15) is 0 Å². The molecule has 17 heavy (non-hydrogen) atoms. The molecule has 0 aliphatic heterocycles. The number of nitrogens with zero attached hydrogens (tertiary/aromatic N) is 2. The van der Waals surface area contributed by atoms with Crippen LogP contribution in [0, 0.1) is 11.3 Å². The summed E-state index contributed by atoms with van der Waals surface area (Å²) in [5.74, 6) is 0.532. The van der Waals surface area contributed by atoms with Crippen molar-refractivity contribution in [2.75, 3.05) is 0 Å². The zero-order chi connectivity index (χ0) is 11.8. The monoisotopic (exact) mass is 304 g/mol. The summed E-state index contributed by atoms with van der Waals surface area (Å²) in [6, 6.07) is 10.3. The Morgan fingerprint density at radius 1 is 1.29 bits per heavy atom. The van der Waals surface area contributed by atoms with Gasteiger partial charge in [-0.3, -0.25) is 0 Å². The molecule has 0 unspecified atom stereocenters. The van der Waals surface area contributed by atoms with E-state index >= 15 is 0 Å². The Morgan fingerprint density at radius 3 is 2.59 bits per heavy atom. The lowest BCUT2D eigenvalue weighted by molar-refractivity contribution is 1.04. The molecule has 0 bridgehead atoms. The molecule has 1 aliphatic rings. The number of hydrogen-bond donors (Lipinski definition) is 0. The van der Waals surface area contributed by atoms with Crippen LogP contribution in [-0.4, -0.2) is 4.98 Å². The number of rotatable bonds is 2. The van der Waals surface area contributed by atoms with Crippen molar-refractivity contribution in [3.05, 3.63) is 39.3 Å². The van der Waals surface area contributed by atoms with Gasteiger partial charge in [0, 0.05) is 16.0 Å². The van der Waals surface area contributed by atoms with Crippen LogP contribution in [0.2, 0.25) is 0 Å². The molecule has 0 amide bonds.